The van der Waals surface area contributed by atoms with Crippen molar-refractivity contribution in [3.05, 3.63) is 29.1 Å². The van der Waals surface area contributed by atoms with E-state index in [2.05, 4.69) is 35.7 Å². The molecule has 0 aliphatic carbocycles. The molecular weight excluding hydrogens is 238 g/mol. The van der Waals surface area contributed by atoms with Gasteiger partial charge in [0.15, 0.2) is 0 Å². The zero-order valence-electron chi connectivity index (χ0n) is 12.4. The normalized spacial score (nSPS) is 11.9. The van der Waals surface area contributed by atoms with E-state index in [1.807, 2.05) is 25.3 Å². The van der Waals surface area contributed by atoms with Crippen LogP contribution in [0.1, 0.15) is 43.5 Å². The number of hydrogen-bond acceptors (Lipinski definition) is 4. The Hall–Kier alpha value is -1.91. The first-order chi connectivity index (χ1) is 8.71. The first-order valence-corrected chi connectivity index (χ1v) is 6.37. The van der Waals surface area contributed by atoms with Gasteiger partial charge in [-0.05, 0) is 20.8 Å². The van der Waals surface area contributed by atoms with Gasteiger partial charge in [-0.3, -0.25) is 4.57 Å². The van der Waals surface area contributed by atoms with Gasteiger partial charge < -0.3 is 5.73 Å². The standard InChI is InChI=1S/C14H21N5/c1-8-11(15)17-13(14(4,5)6)18-12(8)19-7-16-9(2)10(19)3/h7H,1-6H3,(H2,15,17,18). The highest BCUT2D eigenvalue weighted by atomic mass is 15.1. The fourth-order valence-corrected chi connectivity index (χ4v) is 1.80. The Labute approximate surface area is 113 Å². The molecule has 0 fully saturated rings. The van der Waals surface area contributed by atoms with E-state index in [4.69, 9.17) is 5.73 Å². The minimum Gasteiger partial charge on any atom is -0.383 e. The summed E-state index contributed by atoms with van der Waals surface area (Å²) in [4.78, 5) is 13.4. The SMILES string of the molecule is Cc1ncn(-c2nc(C(C)(C)C)nc(N)c2C)c1C. The molecule has 102 valence electrons. The lowest BCUT2D eigenvalue weighted by Crippen LogP contribution is -2.20. The van der Waals surface area contributed by atoms with Crippen LogP contribution in [-0.2, 0) is 5.41 Å². The van der Waals surface area contributed by atoms with Gasteiger partial charge in [0.05, 0.1) is 5.69 Å². The molecule has 2 aromatic heterocycles. The van der Waals surface area contributed by atoms with Gasteiger partial charge in [0.1, 0.15) is 23.8 Å². The van der Waals surface area contributed by atoms with E-state index >= 15 is 0 Å². The molecule has 0 saturated heterocycles. The van der Waals surface area contributed by atoms with E-state index in [1.54, 1.807) is 6.33 Å². The van der Waals surface area contributed by atoms with E-state index in [1.165, 1.54) is 0 Å². The molecule has 0 radical (unpaired) electrons. The summed E-state index contributed by atoms with van der Waals surface area (Å²) in [7, 11) is 0. The summed E-state index contributed by atoms with van der Waals surface area (Å²) >= 11 is 0. The van der Waals surface area contributed by atoms with Crippen LogP contribution >= 0.6 is 0 Å². The van der Waals surface area contributed by atoms with Gasteiger partial charge in [0.2, 0.25) is 0 Å². The number of anilines is 1. The van der Waals surface area contributed by atoms with Crippen LogP contribution in [-0.4, -0.2) is 19.5 Å². The Balaban J connectivity index is 2.70. The van der Waals surface area contributed by atoms with E-state index in [9.17, 15) is 0 Å². The summed E-state index contributed by atoms with van der Waals surface area (Å²) in [6.45, 7) is 12.2. The molecule has 0 aliphatic rings. The number of nitrogens with zero attached hydrogens (tertiary/aromatic N) is 4. The average Bonchev–Trinajstić information content (AvgIpc) is 2.62. The molecule has 2 aromatic rings. The summed E-state index contributed by atoms with van der Waals surface area (Å²) in [5, 5.41) is 0. The monoisotopic (exact) mass is 259 g/mol. The van der Waals surface area contributed by atoms with Gasteiger partial charge in [0.25, 0.3) is 0 Å². The van der Waals surface area contributed by atoms with Crippen molar-refractivity contribution in [1.82, 2.24) is 19.5 Å². The molecule has 0 aliphatic heterocycles. The lowest BCUT2D eigenvalue weighted by Gasteiger charge is -2.20. The Kier molecular flexibility index (Phi) is 3.08. The molecular formula is C14H21N5. The van der Waals surface area contributed by atoms with E-state index < -0.39 is 0 Å². The molecule has 2 N–H and O–H groups in total. The number of rotatable bonds is 1. The molecule has 19 heavy (non-hydrogen) atoms. The van der Waals surface area contributed by atoms with Crippen LogP contribution in [0.2, 0.25) is 0 Å². The quantitative estimate of drug-likeness (QED) is 0.854. The van der Waals surface area contributed by atoms with Crippen LogP contribution in [0.3, 0.4) is 0 Å². The molecule has 2 rings (SSSR count). The summed E-state index contributed by atoms with van der Waals surface area (Å²) in [5.74, 6) is 2.09. The van der Waals surface area contributed by atoms with Crippen LogP contribution in [0.15, 0.2) is 6.33 Å². The third-order valence-electron chi connectivity index (χ3n) is 3.31. The Morgan fingerprint density at radius 3 is 2.21 bits per heavy atom. The predicted octanol–water partition coefficient (Wildman–Crippen LogP) is 2.47. The van der Waals surface area contributed by atoms with Crippen LogP contribution in [0.4, 0.5) is 5.82 Å². The van der Waals surface area contributed by atoms with Crippen LogP contribution < -0.4 is 5.73 Å². The second kappa shape index (κ2) is 4.33. The highest BCUT2D eigenvalue weighted by molar-refractivity contribution is 5.49. The molecule has 5 nitrogen and oxygen atoms in total. The molecule has 0 spiro atoms. The van der Waals surface area contributed by atoms with Crippen molar-refractivity contribution in [3.63, 3.8) is 0 Å². The molecule has 0 saturated carbocycles. The largest absolute Gasteiger partial charge is 0.383 e. The molecule has 0 amide bonds. The van der Waals surface area contributed by atoms with Crippen LogP contribution in [0.25, 0.3) is 5.82 Å². The van der Waals surface area contributed by atoms with Gasteiger partial charge in [0, 0.05) is 16.7 Å². The Morgan fingerprint density at radius 1 is 1.11 bits per heavy atom. The first kappa shape index (κ1) is 13.5. The summed E-state index contributed by atoms with van der Waals surface area (Å²) < 4.78 is 1.97. The molecule has 2 heterocycles. The van der Waals surface area contributed by atoms with Crippen LogP contribution in [0, 0.1) is 20.8 Å². The maximum absolute atomic E-state index is 6.03. The highest BCUT2D eigenvalue weighted by Crippen LogP contribution is 2.25. The number of nitrogens with two attached hydrogens (primary N) is 1. The first-order valence-electron chi connectivity index (χ1n) is 6.37. The number of hydrogen-bond donors (Lipinski definition) is 1. The minimum atomic E-state index is -0.139. The number of aromatic nitrogens is 4. The Bertz CT molecular complexity index is 619. The predicted molar refractivity (Wildman–Crippen MR) is 76.5 cm³/mol. The van der Waals surface area contributed by atoms with Gasteiger partial charge >= 0.3 is 0 Å². The van der Waals surface area contributed by atoms with E-state index in [0.717, 1.165) is 28.6 Å². The number of nitrogen functional groups attached to an aromatic ring is 1. The average molecular weight is 259 g/mol. The summed E-state index contributed by atoms with van der Waals surface area (Å²) in [5.41, 5.74) is 8.84. The van der Waals surface area contributed by atoms with Crippen molar-refractivity contribution in [2.24, 2.45) is 0 Å². The van der Waals surface area contributed by atoms with Crippen molar-refractivity contribution in [2.45, 2.75) is 47.0 Å². The van der Waals surface area contributed by atoms with Crippen molar-refractivity contribution in [2.75, 3.05) is 5.73 Å². The topological polar surface area (TPSA) is 69.6 Å². The van der Waals surface area contributed by atoms with Gasteiger partial charge in [-0.15, -0.1) is 0 Å². The fourth-order valence-electron chi connectivity index (χ4n) is 1.80. The van der Waals surface area contributed by atoms with Crippen molar-refractivity contribution >= 4 is 5.82 Å². The minimum absolute atomic E-state index is 0.139. The zero-order valence-corrected chi connectivity index (χ0v) is 12.4. The molecule has 0 unspecified atom stereocenters. The molecule has 0 aromatic carbocycles. The van der Waals surface area contributed by atoms with Crippen LogP contribution in [0.5, 0.6) is 0 Å². The van der Waals surface area contributed by atoms with Crippen molar-refractivity contribution < 1.29 is 0 Å². The lowest BCUT2D eigenvalue weighted by molar-refractivity contribution is 0.543. The maximum atomic E-state index is 6.03. The number of aryl methyl sites for hydroxylation is 1. The third kappa shape index (κ3) is 2.32. The van der Waals surface area contributed by atoms with E-state index in [0.29, 0.717) is 5.82 Å². The molecule has 0 bridgehead atoms. The zero-order chi connectivity index (χ0) is 14.4. The molecule has 0 atom stereocenters. The summed E-state index contributed by atoms with van der Waals surface area (Å²) in [6.07, 6.45) is 1.78. The second-order valence-corrected chi connectivity index (χ2v) is 5.92. The number of imidazole rings is 1. The van der Waals surface area contributed by atoms with Gasteiger partial charge in [-0.25, -0.2) is 15.0 Å². The lowest BCUT2D eigenvalue weighted by atomic mass is 9.95. The van der Waals surface area contributed by atoms with E-state index in [-0.39, 0.29) is 5.41 Å². The Morgan fingerprint density at radius 2 is 1.74 bits per heavy atom. The molecule has 5 heteroatoms. The van der Waals surface area contributed by atoms with Crippen molar-refractivity contribution in [1.29, 1.82) is 0 Å². The smallest absolute Gasteiger partial charge is 0.146 e. The third-order valence-corrected chi connectivity index (χ3v) is 3.31. The second-order valence-electron chi connectivity index (χ2n) is 5.92. The van der Waals surface area contributed by atoms with Crippen molar-refractivity contribution in [3.8, 4) is 5.82 Å². The maximum Gasteiger partial charge on any atom is 0.146 e. The van der Waals surface area contributed by atoms with Gasteiger partial charge in [-0.1, -0.05) is 20.8 Å². The fraction of sp³-hybridized carbons (Fsp3) is 0.500. The highest BCUT2D eigenvalue weighted by Gasteiger charge is 2.21. The summed E-state index contributed by atoms with van der Waals surface area (Å²) in [6, 6.07) is 0. The van der Waals surface area contributed by atoms with Gasteiger partial charge in [-0.2, -0.15) is 0 Å².